The van der Waals surface area contributed by atoms with Crippen molar-refractivity contribution in [2.45, 2.75) is 43.7 Å². The molecule has 3 heterocycles. The molecule has 1 spiro atoms. The number of nitrogens with one attached hydrogen (secondary N) is 2. The smallest absolute Gasteiger partial charge is 0.223 e. The molecule has 0 radical (unpaired) electrons. The summed E-state index contributed by atoms with van der Waals surface area (Å²) in [6, 6.07) is 4.54. The minimum absolute atomic E-state index is 0.374. The Morgan fingerprint density at radius 3 is 2.88 bits per heavy atom. The minimum atomic E-state index is 0.374. The van der Waals surface area contributed by atoms with Gasteiger partial charge >= 0.3 is 0 Å². The SMILES string of the molecule is C=Cc1cc(-c2ccnc(NC3CCNC4(CCC4)C3)n2)sc1C=C. The van der Waals surface area contributed by atoms with Crippen LogP contribution in [0, 0.1) is 0 Å². The van der Waals surface area contributed by atoms with Gasteiger partial charge in [-0.2, -0.15) is 0 Å². The van der Waals surface area contributed by atoms with Crippen molar-refractivity contribution in [1.29, 1.82) is 0 Å². The molecule has 25 heavy (non-hydrogen) atoms. The molecule has 2 aromatic rings. The normalized spacial score (nSPS) is 21.5. The second-order valence-electron chi connectivity index (χ2n) is 7.00. The van der Waals surface area contributed by atoms with E-state index < -0.39 is 0 Å². The first-order valence-electron chi connectivity index (χ1n) is 8.95. The predicted octanol–water partition coefficient (Wildman–Crippen LogP) is 4.58. The van der Waals surface area contributed by atoms with Crippen molar-refractivity contribution >= 4 is 29.4 Å². The maximum absolute atomic E-state index is 4.75. The van der Waals surface area contributed by atoms with Crippen LogP contribution in [-0.4, -0.2) is 28.1 Å². The number of piperidine rings is 1. The van der Waals surface area contributed by atoms with E-state index in [0.29, 0.717) is 11.6 Å². The zero-order valence-electron chi connectivity index (χ0n) is 14.4. The van der Waals surface area contributed by atoms with E-state index in [1.807, 2.05) is 24.4 Å². The van der Waals surface area contributed by atoms with Crippen LogP contribution in [0.15, 0.2) is 31.5 Å². The van der Waals surface area contributed by atoms with Crippen LogP contribution < -0.4 is 10.6 Å². The van der Waals surface area contributed by atoms with Crippen LogP contribution in [0.2, 0.25) is 0 Å². The van der Waals surface area contributed by atoms with Crippen molar-refractivity contribution in [3.8, 4) is 10.6 Å². The van der Waals surface area contributed by atoms with Gasteiger partial charge in [0.15, 0.2) is 0 Å². The van der Waals surface area contributed by atoms with E-state index in [0.717, 1.165) is 39.9 Å². The Kier molecular flexibility index (Phi) is 4.44. The molecule has 1 saturated carbocycles. The number of rotatable bonds is 5. The van der Waals surface area contributed by atoms with E-state index in [-0.39, 0.29) is 0 Å². The van der Waals surface area contributed by atoms with Crippen LogP contribution in [0.1, 0.15) is 42.5 Å². The highest BCUT2D eigenvalue weighted by Gasteiger charge is 2.40. The van der Waals surface area contributed by atoms with Gasteiger partial charge in [0.25, 0.3) is 0 Å². The van der Waals surface area contributed by atoms with Crippen LogP contribution in [-0.2, 0) is 0 Å². The van der Waals surface area contributed by atoms with Gasteiger partial charge in [-0.25, -0.2) is 9.97 Å². The zero-order chi connectivity index (χ0) is 17.3. The molecule has 5 heteroatoms. The average molecular weight is 353 g/mol. The quantitative estimate of drug-likeness (QED) is 0.827. The molecule has 0 aromatic carbocycles. The largest absolute Gasteiger partial charge is 0.351 e. The summed E-state index contributed by atoms with van der Waals surface area (Å²) < 4.78 is 0. The van der Waals surface area contributed by atoms with Gasteiger partial charge in [0.2, 0.25) is 5.95 Å². The molecule has 1 aliphatic heterocycles. The van der Waals surface area contributed by atoms with Crippen molar-refractivity contribution in [2.75, 3.05) is 11.9 Å². The third kappa shape index (κ3) is 3.26. The highest BCUT2D eigenvalue weighted by atomic mass is 32.1. The molecule has 2 N–H and O–H groups in total. The van der Waals surface area contributed by atoms with Crippen LogP contribution >= 0.6 is 11.3 Å². The van der Waals surface area contributed by atoms with E-state index in [1.54, 1.807) is 11.3 Å². The number of thiophene rings is 1. The van der Waals surface area contributed by atoms with Crippen molar-refractivity contribution in [2.24, 2.45) is 0 Å². The van der Waals surface area contributed by atoms with E-state index in [1.165, 1.54) is 25.7 Å². The summed E-state index contributed by atoms with van der Waals surface area (Å²) in [4.78, 5) is 11.4. The summed E-state index contributed by atoms with van der Waals surface area (Å²) in [6.45, 7) is 8.83. The lowest BCUT2D eigenvalue weighted by Crippen LogP contribution is -2.58. The maximum atomic E-state index is 4.75. The Bertz CT molecular complexity index is 765. The molecule has 0 bridgehead atoms. The number of hydrogen-bond acceptors (Lipinski definition) is 5. The molecule has 1 atom stereocenters. The molecule has 1 saturated heterocycles. The van der Waals surface area contributed by atoms with Gasteiger partial charge in [0.05, 0.1) is 10.6 Å². The molecule has 1 unspecified atom stereocenters. The predicted molar refractivity (Wildman–Crippen MR) is 107 cm³/mol. The number of nitrogens with zero attached hydrogens (tertiary/aromatic N) is 2. The fourth-order valence-corrected chi connectivity index (χ4v) is 4.86. The fraction of sp³-hybridized carbons (Fsp3) is 0.400. The highest BCUT2D eigenvalue weighted by molar-refractivity contribution is 7.16. The fourth-order valence-electron chi connectivity index (χ4n) is 3.88. The van der Waals surface area contributed by atoms with Gasteiger partial charge < -0.3 is 10.6 Å². The highest BCUT2D eigenvalue weighted by Crippen LogP contribution is 2.39. The van der Waals surface area contributed by atoms with Gasteiger partial charge in [0, 0.05) is 22.7 Å². The van der Waals surface area contributed by atoms with Crippen LogP contribution in [0.25, 0.3) is 22.7 Å². The van der Waals surface area contributed by atoms with Crippen molar-refractivity contribution < 1.29 is 0 Å². The van der Waals surface area contributed by atoms with Crippen molar-refractivity contribution in [3.63, 3.8) is 0 Å². The van der Waals surface area contributed by atoms with Gasteiger partial charge in [-0.05, 0) is 56.3 Å². The summed E-state index contributed by atoms with van der Waals surface area (Å²) in [5.74, 6) is 0.729. The Balaban J connectivity index is 1.52. The topological polar surface area (TPSA) is 49.8 Å². The van der Waals surface area contributed by atoms with Gasteiger partial charge in [-0.1, -0.05) is 25.3 Å². The molecule has 4 rings (SSSR count). The zero-order valence-corrected chi connectivity index (χ0v) is 15.2. The maximum Gasteiger partial charge on any atom is 0.223 e. The second-order valence-corrected chi connectivity index (χ2v) is 8.08. The first-order valence-corrected chi connectivity index (χ1v) is 9.77. The van der Waals surface area contributed by atoms with E-state index in [2.05, 4.69) is 34.8 Å². The third-order valence-corrected chi connectivity index (χ3v) is 6.55. The molecule has 1 aliphatic carbocycles. The van der Waals surface area contributed by atoms with Crippen LogP contribution in [0.4, 0.5) is 5.95 Å². The molecule has 130 valence electrons. The van der Waals surface area contributed by atoms with Gasteiger partial charge in [0.1, 0.15) is 0 Å². The summed E-state index contributed by atoms with van der Waals surface area (Å²) in [5, 5.41) is 7.27. The Morgan fingerprint density at radius 2 is 2.20 bits per heavy atom. The summed E-state index contributed by atoms with van der Waals surface area (Å²) in [6.07, 6.45) is 11.8. The molecule has 4 nitrogen and oxygen atoms in total. The average Bonchev–Trinajstić information content (AvgIpc) is 3.04. The Labute approximate surface area is 153 Å². The monoisotopic (exact) mass is 352 g/mol. The molecule has 0 amide bonds. The molecule has 2 aliphatic rings. The number of hydrogen-bond donors (Lipinski definition) is 2. The summed E-state index contributed by atoms with van der Waals surface area (Å²) >= 11 is 1.69. The second kappa shape index (κ2) is 6.73. The van der Waals surface area contributed by atoms with Crippen molar-refractivity contribution in [3.05, 3.63) is 41.9 Å². The lowest BCUT2D eigenvalue weighted by atomic mass is 9.70. The number of aromatic nitrogens is 2. The van der Waals surface area contributed by atoms with E-state index in [4.69, 9.17) is 4.98 Å². The van der Waals surface area contributed by atoms with Gasteiger partial charge in [-0.3, -0.25) is 0 Å². The minimum Gasteiger partial charge on any atom is -0.351 e. The van der Waals surface area contributed by atoms with Crippen LogP contribution in [0.3, 0.4) is 0 Å². The number of anilines is 1. The summed E-state index contributed by atoms with van der Waals surface area (Å²) in [5.41, 5.74) is 2.43. The standard InChI is InChI=1S/C20H24N4S/c1-3-14-12-18(25-17(14)4-2)16-7-10-21-19(24-16)23-15-6-11-22-20(13-15)8-5-9-20/h3-4,7,10,12,15,22H,1-2,5-6,8-9,11,13H2,(H,21,23,24). The van der Waals surface area contributed by atoms with Gasteiger partial charge in [-0.15, -0.1) is 11.3 Å². The molecule has 2 aromatic heterocycles. The molecular formula is C20H24N4S. The third-order valence-electron chi connectivity index (χ3n) is 5.38. The van der Waals surface area contributed by atoms with Crippen LogP contribution in [0.5, 0.6) is 0 Å². The van der Waals surface area contributed by atoms with Crippen molar-refractivity contribution in [1.82, 2.24) is 15.3 Å². The lowest BCUT2D eigenvalue weighted by molar-refractivity contribution is 0.135. The molecular weight excluding hydrogens is 328 g/mol. The summed E-state index contributed by atoms with van der Waals surface area (Å²) in [7, 11) is 0. The molecule has 2 fully saturated rings. The Morgan fingerprint density at radius 1 is 1.32 bits per heavy atom. The lowest BCUT2D eigenvalue weighted by Gasteiger charge is -2.48. The Hall–Kier alpha value is -1.98. The first-order chi connectivity index (χ1) is 12.2. The van der Waals surface area contributed by atoms with E-state index >= 15 is 0 Å². The van der Waals surface area contributed by atoms with E-state index in [9.17, 15) is 0 Å². The first kappa shape index (κ1) is 16.5.